The monoisotopic (exact) mass is 352 g/mol. The van der Waals surface area contributed by atoms with Gasteiger partial charge in [0.1, 0.15) is 0 Å². The predicted molar refractivity (Wildman–Crippen MR) is 96.6 cm³/mol. The number of rotatable bonds is 8. The van der Waals surface area contributed by atoms with Crippen LogP contribution in [0.15, 0.2) is 30.3 Å². The average Bonchev–Trinajstić information content (AvgIpc) is 2.92. The summed E-state index contributed by atoms with van der Waals surface area (Å²) in [5, 5.41) is 6.81. The van der Waals surface area contributed by atoms with Crippen LogP contribution in [0.2, 0.25) is 5.02 Å². The molecule has 1 amide bonds. The molecule has 0 spiro atoms. The van der Waals surface area contributed by atoms with Crippen LogP contribution in [0.4, 0.5) is 0 Å². The van der Waals surface area contributed by atoms with Crippen molar-refractivity contribution in [1.29, 1.82) is 0 Å². The smallest absolute Gasteiger partial charge is 0.261 e. The van der Waals surface area contributed by atoms with Crippen LogP contribution in [0, 0.1) is 6.92 Å². The Labute approximate surface area is 145 Å². The number of nitrogens with one attached hydrogen (secondary N) is 2. The molecule has 124 valence electrons. The van der Waals surface area contributed by atoms with Crippen LogP contribution in [0.3, 0.4) is 0 Å². The summed E-state index contributed by atoms with van der Waals surface area (Å²) >= 11 is 7.54. The summed E-state index contributed by atoms with van der Waals surface area (Å²) < 4.78 is 4.95. The van der Waals surface area contributed by atoms with Crippen molar-refractivity contribution < 1.29 is 9.53 Å². The molecule has 0 saturated heterocycles. The third-order valence-electron chi connectivity index (χ3n) is 3.30. The molecule has 0 saturated carbocycles. The number of aryl methyl sites for hydroxylation is 1. The van der Waals surface area contributed by atoms with Crippen molar-refractivity contribution in [3.05, 3.63) is 45.8 Å². The fourth-order valence-electron chi connectivity index (χ4n) is 2.16. The minimum absolute atomic E-state index is 0.0417. The number of carbonyl (C=O) groups is 1. The number of carbonyl (C=O) groups excluding carboxylic acids is 1. The maximum absolute atomic E-state index is 12.2. The number of hydrogen-bond donors (Lipinski definition) is 2. The van der Waals surface area contributed by atoms with Gasteiger partial charge in [-0.1, -0.05) is 23.7 Å². The number of ether oxygens (including phenoxy) is 1. The van der Waals surface area contributed by atoms with Gasteiger partial charge in [0.15, 0.2) is 0 Å². The summed E-state index contributed by atoms with van der Waals surface area (Å²) in [4.78, 5) is 14.0. The van der Waals surface area contributed by atoms with Gasteiger partial charge >= 0.3 is 0 Å². The van der Waals surface area contributed by atoms with Gasteiger partial charge in [0, 0.05) is 36.6 Å². The van der Waals surface area contributed by atoms with E-state index in [1.165, 1.54) is 11.3 Å². The molecule has 6 heteroatoms. The predicted octanol–water partition coefficient (Wildman–Crippen LogP) is 3.34. The minimum Gasteiger partial charge on any atom is -0.383 e. The molecule has 4 nitrogen and oxygen atoms in total. The molecule has 0 bridgehead atoms. The van der Waals surface area contributed by atoms with E-state index in [-0.39, 0.29) is 5.91 Å². The first-order valence-corrected chi connectivity index (χ1v) is 8.65. The van der Waals surface area contributed by atoms with Crippen molar-refractivity contribution >= 4 is 28.8 Å². The third-order valence-corrected chi connectivity index (χ3v) is 4.82. The van der Waals surface area contributed by atoms with E-state index in [2.05, 4.69) is 10.6 Å². The molecule has 0 aliphatic rings. The molecule has 1 heterocycles. The lowest BCUT2D eigenvalue weighted by molar-refractivity contribution is 0.0957. The summed E-state index contributed by atoms with van der Waals surface area (Å²) in [6.07, 6.45) is 0. The first kappa shape index (κ1) is 17.9. The van der Waals surface area contributed by atoms with Crippen LogP contribution in [-0.4, -0.2) is 39.3 Å². The Bertz CT molecular complexity index is 658. The second-order valence-corrected chi connectivity index (χ2v) is 6.62. The zero-order valence-electron chi connectivity index (χ0n) is 13.3. The maximum atomic E-state index is 12.2. The Hall–Kier alpha value is -1.40. The summed E-state index contributed by atoms with van der Waals surface area (Å²) in [7, 11) is 1.67. The van der Waals surface area contributed by atoms with Gasteiger partial charge in [-0.15, -0.1) is 11.3 Å². The molecule has 0 aliphatic heterocycles. The highest BCUT2D eigenvalue weighted by Gasteiger charge is 2.13. The van der Waals surface area contributed by atoms with Gasteiger partial charge in [-0.2, -0.15) is 0 Å². The number of methoxy groups -OCH3 is 1. The van der Waals surface area contributed by atoms with Gasteiger partial charge in [0.05, 0.1) is 11.5 Å². The van der Waals surface area contributed by atoms with E-state index in [1.54, 1.807) is 7.11 Å². The highest BCUT2D eigenvalue weighted by molar-refractivity contribution is 7.17. The average molecular weight is 353 g/mol. The van der Waals surface area contributed by atoms with Gasteiger partial charge in [-0.3, -0.25) is 4.79 Å². The highest BCUT2D eigenvalue weighted by atomic mass is 35.5. The van der Waals surface area contributed by atoms with Crippen LogP contribution >= 0.6 is 22.9 Å². The lowest BCUT2D eigenvalue weighted by Crippen LogP contribution is -2.32. The van der Waals surface area contributed by atoms with Crippen molar-refractivity contribution in [2.45, 2.75) is 6.92 Å². The number of thiophene rings is 1. The van der Waals surface area contributed by atoms with E-state index < -0.39 is 0 Å². The first-order valence-electron chi connectivity index (χ1n) is 7.46. The summed E-state index contributed by atoms with van der Waals surface area (Å²) in [6.45, 7) is 4.77. The van der Waals surface area contributed by atoms with E-state index >= 15 is 0 Å². The first-order chi connectivity index (χ1) is 11.1. The molecular formula is C17H21ClN2O2S. The molecule has 0 unspecified atom stereocenters. The van der Waals surface area contributed by atoms with Crippen molar-refractivity contribution in [1.82, 2.24) is 10.6 Å². The molecule has 0 radical (unpaired) electrons. The molecule has 0 aliphatic carbocycles. The fourth-order valence-corrected chi connectivity index (χ4v) is 3.44. The molecule has 2 N–H and O–H groups in total. The molecule has 23 heavy (non-hydrogen) atoms. The van der Waals surface area contributed by atoms with E-state index in [0.29, 0.717) is 18.2 Å². The van der Waals surface area contributed by atoms with Crippen LogP contribution in [0.25, 0.3) is 10.4 Å². The molecule has 0 atom stereocenters. The Balaban J connectivity index is 1.93. The molecule has 0 fully saturated rings. The molecule has 1 aromatic heterocycles. The third kappa shape index (κ3) is 5.32. The highest BCUT2D eigenvalue weighted by Crippen LogP contribution is 2.33. The fraction of sp³-hybridized carbons (Fsp3) is 0.353. The Morgan fingerprint density at radius 1 is 1.26 bits per heavy atom. The lowest BCUT2D eigenvalue weighted by Gasteiger charge is -2.05. The van der Waals surface area contributed by atoms with E-state index in [1.807, 2.05) is 37.3 Å². The minimum atomic E-state index is -0.0417. The topological polar surface area (TPSA) is 50.4 Å². The van der Waals surface area contributed by atoms with Crippen molar-refractivity contribution in [2.24, 2.45) is 0 Å². The van der Waals surface area contributed by atoms with Crippen molar-refractivity contribution in [3.63, 3.8) is 0 Å². The molecular weight excluding hydrogens is 332 g/mol. The van der Waals surface area contributed by atoms with Gasteiger partial charge in [-0.05, 0) is 36.2 Å². The standard InChI is InChI=1S/C17H21ClN2O2S/c1-12-10-15(17(21)20-7-6-19-8-9-22-2)23-16(12)13-4-3-5-14(18)11-13/h3-5,10-11,19H,6-9H2,1-2H3,(H,20,21). The number of halogens is 1. The van der Waals surface area contributed by atoms with Crippen LogP contribution in [0.1, 0.15) is 15.2 Å². The molecule has 2 rings (SSSR count). The summed E-state index contributed by atoms with van der Waals surface area (Å²) in [5.74, 6) is -0.0417. The maximum Gasteiger partial charge on any atom is 0.261 e. The summed E-state index contributed by atoms with van der Waals surface area (Å²) in [6, 6.07) is 9.61. The zero-order valence-corrected chi connectivity index (χ0v) is 14.9. The SMILES string of the molecule is COCCNCCNC(=O)c1cc(C)c(-c2cccc(Cl)c2)s1. The number of amides is 1. The van der Waals surface area contributed by atoms with Gasteiger partial charge < -0.3 is 15.4 Å². The van der Waals surface area contributed by atoms with Crippen LogP contribution in [0.5, 0.6) is 0 Å². The van der Waals surface area contributed by atoms with E-state index in [0.717, 1.165) is 34.0 Å². The summed E-state index contributed by atoms with van der Waals surface area (Å²) in [5.41, 5.74) is 2.13. The Kier molecular flexibility index (Phi) is 7.05. The lowest BCUT2D eigenvalue weighted by atomic mass is 10.1. The normalized spacial score (nSPS) is 10.7. The zero-order chi connectivity index (χ0) is 16.7. The largest absolute Gasteiger partial charge is 0.383 e. The molecule has 1 aromatic carbocycles. The van der Waals surface area contributed by atoms with E-state index in [4.69, 9.17) is 16.3 Å². The van der Waals surface area contributed by atoms with Crippen LogP contribution in [-0.2, 0) is 4.74 Å². The number of benzene rings is 1. The Morgan fingerprint density at radius 2 is 2.09 bits per heavy atom. The quantitative estimate of drug-likeness (QED) is 0.716. The van der Waals surface area contributed by atoms with Crippen LogP contribution < -0.4 is 10.6 Å². The van der Waals surface area contributed by atoms with E-state index in [9.17, 15) is 4.79 Å². The van der Waals surface area contributed by atoms with Gasteiger partial charge in [0.2, 0.25) is 0 Å². The van der Waals surface area contributed by atoms with Crippen molar-refractivity contribution in [3.8, 4) is 10.4 Å². The Morgan fingerprint density at radius 3 is 2.83 bits per heavy atom. The molecule has 2 aromatic rings. The second kappa shape index (κ2) is 9.03. The van der Waals surface area contributed by atoms with Crippen molar-refractivity contribution in [2.75, 3.05) is 33.4 Å². The second-order valence-electron chi connectivity index (χ2n) is 5.13. The van der Waals surface area contributed by atoms with Gasteiger partial charge in [0.25, 0.3) is 5.91 Å². The number of hydrogen-bond acceptors (Lipinski definition) is 4. The van der Waals surface area contributed by atoms with Gasteiger partial charge in [-0.25, -0.2) is 0 Å².